The van der Waals surface area contributed by atoms with Crippen LogP contribution >= 0.6 is 11.6 Å². The number of anilines is 2. The molecule has 1 saturated heterocycles. The molecule has 3 aromatic carbocycles. The van der Waals surface area contributed by atoms with Gasteiger partial charge in [-0.1, -0.05) is 23.7 Å². The smallest absolute Gasteiger partial charge is 0.335 e. The van der Waals surface area contributed by atoms with E-state index in [1.165, 1.54) is 6.08 Å². The zero-order chi connectivity index (χ0) is 29.5. The second kappa shape index (κ2) is 13.0. The number of carbonyl (C=O) groups excluding carboxylic acids is 4. The Morgan fingerprint density at radius 1 is 0.927 bits per heavy atom. The summed E-state index contributed by atoms with van der Waals surface area (Å²) in [5.41, 5.74) is 1.90. The molecular weight excluding hydrogens is 550 g/mol. The van der Waals surface area contributed by atoms with Gasteiger partial charge in [0.1, 0.15) is 11.3 Å². The summed E-state index contributed by atoms with van der Waals surface area (Å²) in [6.45, 7) is 5.94. The molecule has 1 aliphatic rings. The van der Waals surface area contributed by atoms with E-state index in [0.717, 1.165) is 10.5 Å². The first kappa shape index (κ1) is 29.2. The van der Waals surface area contributed by atoms with Crippen LogP contribution in [0.15, 0.2) is 66.2 Å². The summed E-state index contributed by atoms with van der Waals surface area (Å²) in [6.07, 6.45) is 1.35. The SMILES string of the molecule is CCOc1ccc(N2C(=O)NC(=O)/C(=C\c3ccc(OCC(=O)Nc4ccc(C)c(Cl)c4)c(OCC)c3)C2=O)cc1. The minimum atomic E-state index is -0.855. The Hall–Kier alpha value is -4.83. The predicted octanol–water partition coefficient (Wildman–Crippen LogP) is 5.13. The molecular formula is C30H28ClN3O7. The molecule has 1 heterocycles. The summed E-state index contributed by atoms with van der Waals surface area (Å²) in [6, 6.07) is 15.4. The molecule has 212 valence electrons. The van der Waals surface area contributed by atoms with Crippen LogP contribution in [0, 0.1) is 6.92 Å². The third-order valence-electron chi connectivity index (χ3n) is 5.90. The number of urea groups is 1. The zero-order valence-electron chi connectivity index (χ0n) is 22.7. The number of benzene rings is 3. The van der Waals surface area contributed by atoms with E-state index in [0.29, 0.717) is 41.0 Å². The number of aryl methyl sites for hydroxylation is 1. The highest BCUT2D eigenvalue weighted by molar-refractivity contribution is 6.39. The summed E-state index contributed by atoms with van der Waals surface area (Å²) in [7, 11) is 0. The van der Waals surface area contributed by atoms with E-state index in [-0.39, 0.29) is 23.6 Å². The second-order valence-electron chi connectivity index (χ2n) is 8.82. The van der Waals surface area contributed by atoms with Crippen molar-refractivity contribution in [1.29, 1.82) is 0 Å². The molecule has 0 aromatic heterocycles. The van der Waals surface area contributed by atoms with Gasteiger partial charge in [0.2, 0.25) is 0 Å². The molecule has 0 radical (unpaired) electrons. The van der Waals surface area contributed by atoms with Crippen molar-refractivity contribution in [2.24, 2.45) is 0 Å². The van der Waals surface area contributed by atoms with Crippen molar-refractivity contribution in [3.05, 3.63) is 82.4 Å². The molecule has 0 atom stereocenters. The maximum Gasteiger partial charge on any atom is 0.335 e. The summed E-state index contributed by atoms with van der Waals surface area (Å²) < 4.78 is 16.8. The normalized spacial score (nSPS) is 14.1. The number of hydrogen-bond donors (Lipinski definition) is 2. The third-order valence-corrected chi connectivity index (χ3v) is 6.31. The van der Waals surface area contributed by atoms with Crippen molar-refractivity contribution >= 4 is 52.8 Å². The first-order valence-corrected chi connectivity index (χ1v) is 13.2. The van der Waals surface area contributed by atoms with Gasteiger partial charge >= 0.3 is 6.03 Å². The average Bonchev–Trinajstić information content (AvgIpc) is 2.94. The van der Waals surface area contributed by atoms with E-state index >= 15 is 0 Å². The number of carbonyl (C=O) groups is 4. The topological polar surface area (TPSA) is 123 Å². The van der Waals surface area contributed by atoms with Crippen LogP contribution in [0.4, 0.5) is 16.2 Å². The van der Waals surface area contributed by atoms with Gasteiger partial charge in [0.05, 0.1) is 18.9 Å². The maximum atomic E-state index is 13.2. The number of nitrogens with one attached hydrogen (secondary N) is 2. The van der Waals surface area contributed by atoms with Crippen LogP contribution in [0.25, 0.3) is 6.08 Å². The van der Waals surface area contributed by atoms with Crippen molar-refractivity contribution < 1.29 is 33.4 Å². The lowest BCUT2D eigenvalue weighted by molar-refractivity contribution is -0.122. The molecule has 1 aliphatic heterocycles. The third kappa shape index (κ3) is 7.03. The quantitative estimate of drug-likeness (QED) is 0.253. The lowest BCUT2D eigenvalue weighted by Gasteiger charge is -2.26. The fourth-order valence-corrected chi connectivity index (χ4v) is 4.11. The molecule has 3 aromatic rings. The maximum absolute atomic E-state index is 13.2. The number of halogens is 1. The monoisotopic (exact) mass is 577 g/mol. The Bertz CT molecular complexity index is 1520. The summed E-state index contributed by atoms with van der Waals surface area (Å²) in [5.74, 6) is -0.840. The largest absolute Gasteiger partial charge is 0.494 e. The van der Waals surface area contributed by atoms with E-state index in [1.54, 1.807) is 67.6 Å². The highest BCUT2D eigenvalue weighted by atomic mass is 35.5. The van der Waals surface area contributed by atoms with Gasteiger partial charge in [-0.05, 0) is 86.5 Å². The number of amides is 5. The van der Waals surface area contributed by atoms with Gasteiger partial charge in [0.25, 0.3) is 17.7 Å². The van der Waals surface area contributed by atoms with E-state index in [9.17, 15) is 19.2 Å². The highest BCUT2D eigenvalue weighted by Gasteiger charge is 2.36. The highest BCUT2D eigenvalue weighted by Crippen LogP contribution is 2.31. The zero-order valence-corrected chi connectivity index (χ0v) is 23.4. The fraction of sp³-hybridized carbons (Fsp3) is 0.200. The minimum absolute atomic E-state index is 0.245. The summed E-state index contributed by atoms with van der Waals surface area (Å²) >= 11 is 6.12. The van der Waals surface area contributed by atoms with Gasteiger partial charge in [0.15, 0.2) is 18.1 Å². The molecule has 5 amide bonds. The molecule has 0 aliphatic carbocycles. The van der Waals surface area contributed by atoms with Gasteiger partial charge in [-0.3, -0.25) is 19.7 Å². The number of barbiturate groups is 1. The average molecular weight is 578 g/mol. The van der Waals surface area contributed by atoms with Crippen molar-refractivity contribution in [1.82, 2.24) is 5.32 Å². The lowest BCUT2D eigenvalue weighted by atomic mass is 10.1. The Morgan fingerprint density at radius 2 is 1.66 bits per heavy atom. The molecule has 4 rings (SSSR count). The van der Waals surface area contributed by atoms with Crippen molar-refractivity contribution in [3.63, 3.8) is 0 Å². The van der Waals surface area contributed by atoms with Crippen molar-refractivity contribution in [2.45, 2.75) is 20.8 Å². The van der Waals surface area contributed by atoms with Crippen molar-refractivity contribution in [3.8, 4) is 17.2 Å². The lowest BCUT2D eigenvalue weighted by Crippen LogP contribution is -2.54. The number of imide groups is 2. The van der Waals surface area contributed by atoms with E-state index in [4.69, 9.17) is 25.8 Å². The number of ether oxygens (including phenoxy) is 3. The van der Waals surface area contributed by atoms with Crippen LogP contribution in [0.5, 0.6) is 17.2 Å². The molecule has 41 heavy (non-hydrogen) atoms. The van der Waals surface area contributed by atoms with E-state index < -0.39 is 23.8 Å². The summed E-state index contributed by atoms with van der Waals surface area (Å²) in [5, 5.41) is 5.45. The molecule has 0 bridgehead atoms. The van der Waals surface area contributed by atoms with Crippen LogP contribution in [0.1, 0.15) is 25.0 Å². The predicted molar refractivity (Wildman–Crippen MR) is 155 cm³/mol. The molecule has 2 N–H and O–H groups in total. The number of hydrogen-bond acceptors (Lipinski definition) is 7. The summed E-state index contributed by atoms with van der Waals surface area (Å²) in [4.78, 5) is 51.7. The standard InChI is InChI=1S/C30H28ClN3O7/c1-4-39-22-11-9-21(10-12-22)34-29(37)23(28(36)33-30(34)38)14-19-7-13-25(26(15-19)40-5-2)41-17-27(35)32-20-8-6-18(3)24(31)16-20/h6-16H,4-5,17H2,1-3H3,(H,32,35)(H,33,36,38)/b23-14+. The fourth-order valence-electron chi connectivity index (χ4n) is 3.93. The molecule has 0 saturated carbocycles. The van der Waals surface area contributed by atoms with Gasteiger partial charge < -0.3 is 19.5 Å². The Morgan fingerprint density at radius 3 is 2.34 bits per heavy atom. The second-order valence-corrected chi connectivity index (χ2v) is 9.23. The molecule has 0 spiro atoms. The van der Waals surface area contributed by atoms with Gasteiger partial charge in [-0.15, -0.1) is 0 Å². The Kier molecular flexibility index (Phi) is 9.26. The van der Waals surface area contributed by atoms with Crippen LogP contribution in [0.2, 0.25) is 5.02 Å². The van der Waals surface area contributed by atoms with Crippen LogP contribution in [0.3, 0.4) is 0 Å². The number of nitrogens with zero attached hydrogens (tertiary/aromatic N) is 1. The molecule has 0 unspecified atom stereocenters. The molecule has 11 heteroatoms. The molecule has 1 fully saturated rings. The van der Waals surface area contributed by atoms with E-state index in [2.05, 4.69) is 10.6 Å². The van der Waals surface area contributed by atoms with Gasteiger partial charge in [0, 0.05) is 10.7 Å². The Labute approximate surface area is 241 Å². The molecule has 10 nitrogen and oxygen atoms in total. The van der Waals surface area contributed by atoms with Gasteiger partial charge in [-0.25, -0.2) is 9.69 Å². The van der Waals surface area contributed by atoms with E-state index in [1.807, 2.05) is 13.8 Å². The van der Waals surface area contributed by atoms with Crippen molar-refractivity contribution in [2.75, 3.05) is 30.0 Å². The Balaban J connectivity index is 1.51. The van der Waals surface area contributed by atoms with Crippen LogP contribution in [-0.2, 0) is 14.4 Å². The van der Waals surface area contributed by atoms with Gasteiger partial charge in [-0.2, -0.15) is 0 Å². The van der Waals surface area contributed by atoms with Crippen LogP contribution < -0.4 is 29.7 Å². The first-order valence-electron chi connectivity index (χ1n) is 12.8. The minimum Gasteiger partial charge on any atom is -0.494 e. The van der Waals surface area contributed by atoms with Crippen LogP contribution in [-0.4, -0.2) is 43.6 Å². The first-order chi connectivity index (χ1) is 19.7. The number of rotatable bonds is 10.